The van der Waals surface area contributed by atoms with Crippen LogP contribution in [0.3, 0.4) is 0 Å². The molecular formula is C25H28ClN5O2S. The monoisotopic (exact) mass is 497 g/mol. The second kappa shape index (κ2) is 11.5. The van der Waals surface area contributed by atoms with Gasteiger partial charge in [0.15, 0.2) is 0 Å². The molecule has 0 spiro atoms. The van der Waals surface area contributed by atoms with E-state index < -0.39 is 11.2 Å². The third kappa shape index (κ3) is 5.80. The SMILES string of the molecule is Cc1ccc(CC2S/C(=C(\C#N)C(=O)NN3CCN(C)CC3)N(c3ccccc3)C2=O)cc1.Cl. The average Bonchev–Trinajstić information content (AvgIpc) is 3.13. The van der Waals surface area contributed by atoms with Gasteiger partial charge < -0.3 is 4.90 Å². The van der Waals surface area contributed by atoms with E-state index in [4.69, 9.17) is 0 Å². The molecule has 4 rings (SSSR count). The molecule has 0 aliphatic carbocycles. The minimum atomic E-state index is -0.478. The zero-order valence-corrected chi connectivity index (χ0v) is 20.9. The van der Waals surface area contributed by atoms with Gasteiger partial charge in [0.05, 0.1) is 5.25 Å². The number of anilines is 1. The Bertz CT molecular complexity index is 1090. The van der Waals surface area contributed by atoms with E-state index in [0.29, 0.717) is 30.2 Å². The Hall–Kier alpha value is -2.83. The Labute approximate surface area is 210 Å². The number of nitrogens with zero attached hydrogens (tertiary/aromatic N) is 4. The molecule has 34 heavy (non-hydrogen) atoms. The van der Waals surface area contributed by atoms with Crippen molar-refractivity contribution in [2.45, 2.75) is 18.6 Å². The minimum Gasteiger partial charge on any atom is -0.304 e. The fourth-order valence-electron chi connectivity index (χ4n) is 3.85. The zero-order valence-electron chi connectivity index (χ0n) is 19.2. The summed E-state index contributed by atoms with van der Waals surface area (Å²) in [6.45, 7) is 5.05. The first-order chi connectivity index (χ1) is 16.0. The number of likely N-dealkylation sites (N-methyl/N-ethyl adjacent to an activating group) is 1. The topological polar surface area (TPSA) is 79.7 Å². The molecule has 1 atom stereocenters. The van der Waals surface area contributed by atoms with Gasteiger partial charge in [0.25, 0.3) is 5.91 Å². The van der Waals surface area contributed by atoms with E-state index in [9.17, 15) is 14.9 Å². The minimum absolute atomic E-state index is 0. The van der Waals surface area contributed by atoms with E-state index in [-0.39, 0.29) is 23.9 Å². The van der Waals surface area contributed by atoms with Gasteiger partial charge in [0.2, 0.25) is 5.91 Å². The van der Waals surface area contributed by atoms with Gasteiger partial charge in [-0.3, -0.25) is 19.9 Å². The second-order valence-electron chi connectivity index (χ2n) is 8.33. The Morgan fingerprint density at radius 1 is 1.09 bits per heavy atom. The highest BCUT2D eigenvalue weighted by molar-refractivity contribution is 8.05. The van der Waals surface area contributed by atoms with Gasteiger partial charge in [0.1, 0.15) is 16.7 Å². The summed E-state index contributed by atoms with van der Waals surface area (Å²) >= 11 is 1.29. The second-order valence-corrected chi connectivity index (χ2v) is 9.52. The number of hydrogen-bond acceptors (Lipinski definition) is 6. The summed E-state index contributed by atoms with van der Waals surface area (Å²) in [5.41, 5.74) is 5.67. The molecule has 0 radical (unpaired) electrons. The Morgan fingerprint density at radius 2 is 1.74 bits per heavy atom. The highest BCUT2D eigenvalue weighted by Crippen LogP contribution is 2.41. The van der Waals surface area contributed by atoms with Crippen molar-refractivity contribution in [3.05, 3.63) is 76.3 Å². The summed E-state index contributed by atoms with van der Waals surface area (Å²) < 4.78 is 0. The van der Waals surface area contributed by atoms with E-state index in [1.807, 2.05) is 73.6 Å². The summed E-state index contributed by atoms with van der Waals surface area (Å²) in [5, 5.41) is 11.7. The summed E-state index contributed by atoms with van der Waals surface area (Å²) in [7, 11) is 2.04. The van der Waals surface area contributed by atoms with Crippen LogP contribution in [-0.4, -0.2) is 60.2 Å². The van der Waals surface area contributed by atoms with Crippen LogP contribution in [0, 0.1) is 18.3 Å². The number of piperazine rings is 1. The zero-order chi connectivity index (χ0) is 23.4. The van der Waals surface area contributed by atoms with Gasteiger partial charge >= 0.3 is 0 Å². The number of rotatable bonds is 5. The van der Waals surface area contributed by atoms with Crippen LogP contribution in [-0.2, 0) is 16.0 Å². The van der Waals surface area contributed by atoms with Crippen LogP contribution in [0.15, 0.2) is 65.2 Å². The first-order valence-electron chi connectivity index (χ1n) is 11.0. The van der Waals surface area contributed by atoms with E-state index in [1.54, 1.807) is 0 Å². The predicted octanol–water partition coefficient (Wildman–Crippen LogP) is 3.12. The summed E-state index contributed by atoms with van der Waals surface area (Å²) in [4.78, 5) is 30.3. The molecule has 1 N–H and O–H groups in total. The standard InChI is InChI=1S/C25H27N5O2S.ClH/c1-18-8-10-19(11-9-18)16-22-24(32)30(20-6-4-3-5-7-20)25(33-22)21(17-26)23(31)27-29-14-12-28(2)13-15-29;/h3-11,22H,12-16H2,1-2H3,(H,27,31);1H/b25-21+;. The van der Waals surface area contributed by atoms with Crippen LogP contribution in [0.25, 0.3) is 0 Å². The number of amides is 2. The van der Waals surface area contributed by atoms with Gasteiger partial charge in [-0.2, -0.15) is 5.26 Å². The number of benzene rings is 2. The fourth-order valence-corrected chi connectivity index (χ4v) is 5.16. The molecule has 2 aliphatic heterocycles. The third-order valence-corrected chi connectivity index (χ3v) is 7.09. The lowest BCUT2D eigenvalue weighted by atomic mass is 10.1. The average molecular weight is 498 g/mol. The Kier molecular flexibility index (Phi) is 8.75. The maximum Gasteiger partial charge on any atom is 0.278 e. The number of carbonyl (C=O) groups is 2. The fraction of sp³-hybridized carbons (Fsp3) is 0.320. The Balaban J connectivity index is 0.00000324. The van der Waals surface area contributed by atoms with Gasteiger partial charge in [-0.1, -0.05) is 59.8 Å². The van der Waals surface area contributed by atoms with Crippen LogP contribution in [0.2, 0.25) is 0 Å². The van der Waals surface area contributed by atoms with E-state index in [0.717, 1.165) is 24.2 Å². The number of carbonyl (C=O) groups excluding carboxylic acids is 2. The normalized spacial score (nSPS) is 20.4. The van der Waals surface area contributed by atoms with E-state index >= 15 is 0 Å². The molecule has 178 valence electrons. The number of para-hydroxylation sites is 1. The molecule has 0 bridgehead atoms. The lowest BCUT2D eigenvalue weighted by Gasteiger charge is -2.32. The smallest absolute Gasteiger partial charge is 0.278 e. The highest BCUT2D eigenvalue weighted by atomic mass is 35.5. The van der Waals surface area contributed by atoms with Gasteiger partial charge in [-0.15, -0.1) is 12.4 Å². The molecular weight excluding hydrogens is 470 g/mol. The largest absolute Gasteiger partial charge is 0.304 e. The molecule has 2 heterocycles. The lowest BCUT2D eigenvalue weighted by Crippen LogP contribution is -2.53. The van der Waals surface area contributed by atoms with Crippen LogP contribution in [0.1, 0.15) is 11.1 Å². The van der Waals surface area contributed by atoms with Crippen molar-refractivity contribution in [2.24, 2.45) is 0 Å². The molecule has 2 saturated heterocycles. The molecule has 9 heteroatoms. The summed E-state index contributed by atoms with van der Waals surface area (Å²) in [6, 6.07) is 19.3. The maximum absolute atomic E-state index is 13.5. The lowest BCUT2D eigenvalue weighted by molar-refractivity contribution is -0.122. The molecule has 2 aromatic rings. The highest BCUT2D eigenvalue weighted by Gasteiger charge is 2.41. The van der Waals surface area contributed by atoms with Crippen molar-refractivity contribution in [1.29, 1.82) is 5.26 Å². The molecule has 2 aliphatic rings. The first kappa shape index (κ1) is 25.8. The van der Waals surface area contributed by atoms with Crippen LogP contribution in [0.4, 0.5) is 5.69 Å². The van der Waals surface area contributed by atoms with Crippen LogP contribution < -0.4 is 10.3 Å². The van der Waals surface area contributed by atoms with Crippen molar-refractivity contribution in [2.75, 3.05) is 38.1 Å². The number of aryl methyl sites for hydroxylation is 1. The van der Waals surface area contributed by atoms with Crippen molar-refractivity contribution in [3.8, 4) is 6.07 Å². The van der Waals surface area contributed by atoms with Crippen LogP contribution >= 0.6 is 24.2 Å². The molecule has 0 saturated carbocycles. The number of halogens is 1. The van der Waals surface area contributed by atoms with Crippen molar-refractivity contribution >= 4 is 41.7 Å². The number of nitriles is 1. The number of hydrazine groups is 1. The molecule has 1 unspecified atom stereocenters. The summed E-state index contributed by atoms with van der Waals surface area (Å²) in [6.07, 6.45) is 0.523. The van der Waals surface area contributed by atoms with Crippen molar-refractivity contribution < 1.29 is 9.59 Å². The number of thioether (sulfide) groups is 1. The summed E-state index contributed by atoms with van der Waals surface area (Å²) in [5.74, 6) is -0.601. The Morgan fingerprint density at radius 3 is 2.35 bits per heavy atom. The number of hydrogen-bond donors (Lipinski definition) is 1. The van der Waals surface area contributed by atoms with Crippen molar-refractivity contribution in [3.63, 3.8) is 0 Å². The quantitative estimate of drug-likeness (QED) is 0.505. The van der Waals surface area contributed by atoms with Gasteiger partial charge in [0, 0.05) is 31.9 Å². The molecule has 2 fully saturated rings. The predicted molar refractivity (Wildman–Crippen MR) is 137 cm³/mol. The molecule has 2 amide bonds. The van der Waals surface area contributed by atoms with E-state index in [2.05, 4.69) is 16.4 Å². The van der Waals surface area contributed by atoms with Gasteiger partial charge in [-0.25, -0.2) is 5.01 Å². The molecule has 7 nitrogen and oxygen atoms in total. The first-order valence-corrected chi connectivity index (χ1v) is 11.8. The van der Waals surface area contributed by atoms with Crippen LogP contribution in [0.5, 0.6) is 0 Å². The molecule has 2 aromatic carbocycles. The van der Waals surface area contributed by atoms with Crippen molar-refractivity contribution in [1.82, 2.24) is 15.3 Å². The van der Waals surface area contributed by atoms with Gasteiger partial charge in [-0.05, 0) is 38.1 Å². The van der Waals surface area contributed by atoms with E-state index in [1.165, 1.54) is 16.7 Å². The third-order valence-electron chi connectivity index (χ3n) is 5.82. The number of nitrogens with one attached hydrogen (secondary N) is 1. The maximum atomic E-state index is 13.5. The molecule has 0 aromatic heterocycles.